The van der Waals surface area contributed by atoms with Crippen LogP contribution in [0.15, 0.2) is 11.0 Å². The van der Waals surface area contributed by atoms with Gasteiger partial charge in [-0.05, 0) is 18.3 Å². The molecule has 0 unspecified atom stereocenters. The Kier molecular flexibility index (Phi) is 3.69. The molecule has 1 aliphatic rings. The first-order valence-corrected chi connectivity index (χ1v) is 6.03. The first-order valence-electron chi connectivity index (χ1n) is 5.66. The normalized spacial score (nSPS) is 18.9. The number of ether oxygens (including phenoxy) is 1. The van der Waals surface area contributed by atoms with Gasteiger partial charge in [0, 0.05) is 19.8 Å². The first kappa shape index (κ1) is 12.4. The third-order valence-corrected chi connectivity index (χ3v) is 3.58. The molecule has 0 aromatic carbocycles. The highest BCUT2D eigenvalue weighted by molar-refractivity contribution is 6.32. The van der Waals surface area contributed by atoms with Crippen molar-refractivity contribution in [2.45, 2.75) is 19.8 Å². The minimum Gasteiger partial charge on any atom is -0.382 e. The minimum absolute atomic E-state index is 0.163. The number of anilines is 1. The van der Waals surface area contributed by atoms with Crippen molar-refractivity contribution in [1.82, 2.24) is 10.2 Å². The summed E-state index contributed by atoms with van der Waals surface area (Å²) in [4.78, 5) is 11.3. The van der Waals surface area contributed by atoms with E-state index in [4.69, 9.17) is 16.3 Å². The van der Waals surface area contributed by atoms with Crippen LogP contribution in [0.4, 0.5) is 5.69 Å². The van der Waals surface area contributed by atoms with E-state index >= 15 is 0 Å². The van der Waals surface area contributed by atoms with E-state index < -0.39 is 0 Å². The van der Waals surface area contributed by atoms with Gasteiger partial charge in [0.2, 0.25) is 0 Å². The molecule has 2 rings (SSSR count). The van der Waals surface area contributed by atoms with Gasteiger partial charge in [0.25, 0.3) is 5.56 Å². The summed E-state index contributed by atoms with van der Waals surface area (Å²) in [5, 5.41) is 9.37. The van der Waals surface area contributed by atoms with Crippen molar-refractivity contribution >= 4 is 17.3 Å². The third-order valence-electron chi connectivity index (χ3n) is 3.20. The monoisotopic (exact) mass is 257 g/mol. The Morgan fingerprint density at radius 3 is 3.00 bits per heavy atom. The van der Waals surface area contributed by atoms with Crippen molar-refractivity contribution in [3.63, 3.8) is 0 Å². The summed E-state index contributed by atoms with van der Waals surface area (Å²) in [5.41, 5.74) is 0.404. The summed E-state index contributed by atoms with van der Waals surface area (Å²) in [6.45, 7) is 4.55. The fraction of sp³-hybridized carbons (Fsp3) is 0.636. The van der Waals surface area contributed by atoms with E-state index in [2.05, 4.69) is 22.4 Å². The minimum atomic E-state index is -0.367. The zero-order valence-corrected chi connectivity index (χ0v) is 10.5. The van der Waals surface area contributed by atoms with E-state index in [1.165, 1.54) is 6.20 Å². The molecule has 0 spiro atoms. The van der Waals surface area contributed by atoms with E-state index in [1.54, 1.807) is 0 Å². The lowest BCUT2D eigenvalue weighted by Crippen LogP contribution is -2.33. The van der Waals surface area contributed by atoms with Crippen molar-refractivity contribution < 1.29 is 4.74 Å². The van der Waals surface area contributed by atoms with Gasteiger partial charge in [-0.2, -0.15) is 5.10 Å². The Balaban J connectivity index is 2.02. The summed E-state index contributed by atoms with van der Waals surface area (Å²) in [7, 11) is 0. The lowest BCUT2D eigenvalue weighted by Gasteiger charge is -2.33. The average molecular weight is 258 g/mol. The maximum absolute atomic E-state index is 11.3. The lowest BCUT2D eigenvalue weighted by molar-refractivity contribution is 0.0300. The van der Waals surface area contributed by atoms with Crippen LogP contribution in [-0.4, -0.2) is 30.0 Å². The van der Waals surface area contributed by atoms with Crippen LogP contribution >= 0.6 is 11.6 Å². The van der Waals surface area contributed by atoms with E-state index in [9.17, 15) is 4.79 Å². The van der Waals surface area contributed by atoms with E-state index in [1.807, 2.05) is 0 Å². The van der Waals surface area contributed by atoms with Crippen LogP contribution in [0.25, 0.3) is 0 Å². The molecule has 0 bridgehead atoms. The predicted octanol–water partition coefficient (Wildman–Crippen LogP) is 1.65. The molecule has 0 aliphatic carbocycles. The molecule has 1 aromatic heterocycles. The van der Waals surface area contributed by atoms with Gasteiger partial charge in [0.15, 0.2) is 0 Å². The van der Waals surface area contributed by atoms with Gasteiger partial charge in [-0.3, -0.25) is 4.79 Å². The lowest BCUT2D eigenvalue weighted by atomic mass is 9.82. The van der Waals surface area contributed by atoms with Crippen LogP contribution in [0.1, 0.15) is 19.8 Å². The number of halogens is 1. The number of nitrogens with one attached hydrogen (secondary N) is 2. The highest BCUT2D eigenvalue weighted by Gasteiger charge is 2.27. The Morgan fingerprint density at radius 2 is 2.29 bits per heavy atom. The molecular weight excluding hydrogens is 242 g/mol. The Morgan fingerprint density at radius 1 is 1.59 bits per heavy atom. The summed E-state index contributed by atoms with van der Waals surface area (Å²) >= 11 is 5.89. The van der Waals surface area contributed by atoms with Crippen LogP contribution in [0, 0.1) is 5.41 Å². The SMILES string of the molecule is CC1(CNc2cn[nH]c(=O)c2Cl)CCOCC1. The molecule has 94 valence electrons. The number of nitrogens with zero attached hydrogens (tertiary/aromatic N) is 1. The Bertz CT molecular complexity index is 441. The van der Waals surface area contributed by atoms with Gasteiger partial charge in [-0.25, -0.2) is 5.10 Å². The number of rotatable bonds is 3. The van der Waals surface area contributed by atoms with E-state index in [0.717, 1.165) is 32.6 Å². The van der Waals surface area contributed by atoms with Crippen LogP contribution in [0.2, 0.25) is 5.02 Å². The van der Waals surface area contributed by atoms with Crippen LogP contribution in [0.3, 0.4) is 0 Å². The highest BCUT2D eigenvalue weighted by atomic mass is 35.5. The number of hydrogen-bond acceptors (Lipinski definition) is 4. The standard InChI is InChI=1S/C11H16ClN3O2/c1-11(2-4-17-5-3-11)7-13-8-6-14-15-10(16)9(8)12/h6H,2-5,7H2,1H3,(H2,13,15,16). The fourth-order valence-electron chi connectivity index (χ4n) is 1.86. The fourth-order valence-corrected chi connectivity index (χ4v) is 2.01. The van der Waals surface area contributed by atoms with Crippen molar-refractivity contribution in [3.05, 3.63) is 21.6 Å². The van der Waals surface area contributed by atoms with Crippen molar-refractivity contribution in [2.24, 2.45) is 5.41 Å². The maximum Gasteiger partial charge on any atom is 0.285 e. The van der Waals surface area contributed by atoms with Gasteiger partial charge < -0.3 is 10.1 Å². The molecule has 6 heteroatoms. The smallest absolute Gasteiger partial charge is 0.285 e. The van der Waals surface area contributed by atoms with Crippen LogP contribution in [-0.2, 0) is 4.74 Å². The van der Waals surface area contributed by atoms with Gasteiger partial charge in [-0.15, -0.1) is 0 Å². The molecule has 0 amide bonds. The first-order chi connectivity index (χ1) is 8.11. The van der Waals surface area contributed by atoms with Gasteiger partial charge in [0.1, 0.15) is 5.02 Å². The quantitative estimate of drug-likeness (QED) is 0.864. The molecule has 1 fully saturated rings. The summed E-state index contributed by atoms with van der Waals surface area (Å²) in [5.74, 6) is 0. The molecule has 5 nitrogen and oxygen atoms in total. The molecule has 0 radical (unpaired) electrons. The van der Waals surface area contributed by atoms with Gasteiger partial charge in [0.05, 0.1) is 11.9 Å². The average Bonchev–Trinajstić information content (AvgIpc) is 2.32. The van der Waals surface area contributed by atoms with Crippen molar-refractivity contribution in [1.29, 1.82) is 0 Å². The third kappa shape index (κ3) is 2.98. The van der Waals surface area contributed by atoms with Gasteiger partial charge >= 0.3 is 0 Å². The predicted molar refractivity (Wildman–Crippen MR) is 66.5 cm³/mol. The highest BCUT2D eigenvalue weighted by Crippen LogP contribution is 2.30. The molecule has 1 aromatic rings. The Labute approximate surface area is 105 Å². The molecule has 0 atom stereocenters. The summed E-state index contributed by atoms with van der Waals surface area (Å²) in [6.07, 6.45) is 3.55. The number of H-pyrrole nitrogens is 1. The Hall–Kier alpha value is -1.07. The molecule has 2 heterocycles. The molecule has 1 saturated heterocycles. The summed E-state index contributed by atoms with van der Waals surface area (Å²) in [6, 6.07) is 0. The zero-order valence-electron chi connectivity index (χ0n) is 9.75. The molecular formula is C11H16ClN3O2. The second kappa shape index (κ2) is 5.06. The molecule has 17 heavy (non-hydrogen) atoms. The van der Waals surface area contributed by atoms with E-state index in [-0.39, 0.29) is 16.0 Å². The van der Waals surface area contributed by atoms with Crippen molar-refractivity contribution in [2.75, 3.05) is 25.1 Å². The second-order valence-corrected chi connectivity index (χ2v) is 5.08. The van der Waals surface area contributed by atoms with Gasteiger partial charge in [-0.1, -0.05) is 18.5 Å². The molecule has 0 saturated carbocycles. The second-order valence-electron chi connectivity index (χ2n) is 4.70. The summed E-state index contributed by atoms with van der Waals surface area (Å²) < 4.78 is 5.34. The largest absolute Gasteiger partial charge is 0.382 e. The van der Waals surface area contributed by atoms with Crippen LogP contribution < -0.4 is 10.9 Å². The topological polar surface area (TPSA) is 67.0 Å². The number of aromatic nitrogens is 2. The van der Waals surface area contributed by atoms with E-state index in [0.29, 0.717) is 5.69 Å². The zero-order chi connectivity index (χ0) is 12.3. The molecule has 1 aliphatic heterocycles. The number of aromatic amines is 1. The molecule has 2 N–H and O–H groups in total. The van der Waals surface area contributed by atoms with Crippen molar-refractivity contribution in [3.8, 4) is 0 Å². The maximum atomic E-state index is 11.3. The number of hydrogen-bond donors (Lipinski definition) is 2. The van der Waals surface area contributed by atoms with Crippen LogP contribution in [0.5, 0.6) is 0 Å².